The second kappa shape index (κ2) is 5.83. The summed E-state index contributed by atoms with van der Waals surface area (Å²) < 4.78 is 0. The van der Waals surface area contributed by atoms with Gasteiger partial charge in [0, 0.05) is 30.4 Å². The Kier molecular flexibility index (Phi) is 4.39. The Balaban J connectivity index is 2.17. The first-order valence-electron chi connectivity index (χ1n) is 7.26. The lowest BCUT2D eigenvalue weighted by Gasteiger charge is -2.40. The van der Waals surface area contributed by atoms with Gasteiger partial charge in [0.2, 0.25) is 0 Å². The highest BCUT2D eigenvalue weighted by atomic mass is 14.9. The molecule has 1 aliphatic carbocycles. The van der Waals surface area contributed by atoms with E-state index in [1.807, 2.05) is 6.20 Å². The first kappa shape index (κ1) is 13.5. The van der Waals surface area contributed by atoms with E-state index in [0.717, 1.165) is 12.5 Å². The van der Waals surface area contributed by atoms with Crippen LogP contribution in [0.15, 0.2) is 24.5 Å². The maximum absolute atomic E-state index is 4.32. The molecule has 1 aromatic heterocycles. The minimum atomic E-state index is 0.311. The van der Waals surface area contributed by atoms with Crippen molar-refractivity contribution in [2.75, 3.05) is 6.54 Å². The van der Waals surface area contributed by atoms with Crippen molar-refractivity contribution in [1.29, 1.82) is 0 Å². The maximum atomic E-state index is 4.32. The molecule has 0 saturated heterocycles. The normalized spacial score (nSPS) is 28.6. The van der Waals surface area contributed by atoms with Crippen molar-refractivity contribution in [3.05, 3.63) is 30.1 Å². The zero-order chi connectivity index (χ0) is 13.0. The summed E-state index contributed by atoms with van der Waals surface area (Å²) in [7, 11) is 0. The third-order valence-corrected chi connectivity index (χ3v) is 4.35. The molecule has 0 aliphatic heterocycles. The summed E-state index contributed by atoms with van der Waals surface area (Å²) in [4.78, 5) is 4.32. The van der Waals surface area contributed by atoms with Gasteiger partial charge < -0.3 is 5.32 Å². The smallest absolute Gasteiger partial charge is 0.0306 e. The van der Waals surface area contributed by atoms with Crippen molar-refractivity contribution in [1.82, 2.24) is 10.3 Å². The molecule has 0 aromatic carbocycles. The fourth-order valence-corrected chi connectivity index (χ4v) is 2.96. The average molecular weight is 246 g/mol. The largest absolute Gasteiger partial charge is 0.314 e. The van der Waals surface area contributed by atoms with E-state index in [9.17, 15) is 0 Å². The van der Waals surface area contributed by atoms with Crippen LogP contribution in [0.4, 0.5) is 0 Å². The summed E-state index contributed by atoms with van der Waals surface area (Å²) in [6, 6.07) is 4.88. The molecule has 1 aromatic rings. The van der Waals surface area contributed by atoms with Crippen molar-refractivity contribution in [2.24, 2.45) is 5.92 Å². The second-order valence-electron chi connectivity index (χ2n) is 6.24. The molecular formula is C16H26N2. The molecule has 2 heteroatoms. The summed E-state index contributed by atoms with van der Waals surface area (Å²) in [5, 5.41) is 3.64. The summed E-state index contributed by atoms with van der Waals surface area (Å²) in [5.74, 6) is 0.883. The molecule has 100 valence electrons. The van der Waals surface area contributed by atoms with E-state index in [1.54, 1.807) is 0 Å². The molecule has 0 atom stereocenters. The molecule has 18 heavy (non-hydrogen) atoms. The van der Waals surface area contributed by atoms with E-state index in [2.05, 4.69) is 49.4 Å². The fraction of sp³-hybridized carbons (Fsp3) is 0.688. The molecule has 1 saturated carbocycles. The summed E-state index contributed by atoms with van der Waals surface area (Å²) in [6.45, 7) is 7.91. The van der Waals surface area contributed by atoms with Crippen molar-refractivity contribution in [3.8, 4) is 0 Å². The van der Waals surface area contributed by atoms with Gasteiger partial charge in [0.15, 0.2) is 0 Å². The van der Waals surface area contributed by atoms with Crippen LogP contribution in [-0.2, 0) is 5.41 Å². The van der Waals surface area contributed by atoms with Crippen molar-refractivity contribution < 1.29 is 0 Å². The van der Waals surface area contributed by atoms with Crippen LogP contribution in [0.5, 0.6) is 0 Å². The molecule has 0 amide bonds. The first-order valence-corrected chi connectivity index (χ1v) is 7.26. The summed E-state index contributed by atoms with van der Waals surface area (Å²) in [6.07, 6.45) is 9.21. The van der Waals surface area contributed by atoms with Crippen LogP contribution < -0.4 is 5.32 Å². The predicted octanol–water partition coefficient (Wildman–Crippen LogP) is 3.53. The van der Waals surface area contributed by atoms with Crippen LogP contribution in [0, 0.1) is 5.92 Å². The number of nitrogens with zero attached hydrogens (tertiary/aromatic N) is 1. The molecule has 0 radical (unpaired) electrons. The molecule has 0 bridgehead atoms. The molecule has 1 heterocycles. The van der Waals surface area contributed by atoms with E-state index >= 15 is 0 Å². The number of rotatable bonds is 4. The molecule has 0 spiro atoms. The van der Waals surface area contributed by atoms with Gasteiger partial charge in [-0.05, 0) is 43.2 Å². The third-order valence-electron chi connectivity index (χ3n) is 4.35. The Morgan fingerprint density at radius 2 is 2.11 bits per heavy atom. The van der Waals surface area contributed by atoms with Crippen LogP contribution in [0.25, 0.3) is 0 Å². The molecule has 1 N–H and O–H groups in total. The van der Waals surface area contributed by atoms with Crippen molar-refractivity contribution in [3.63, 3.8) is 0 Å². The van der Waals surface area contributed by atoms with Gasteiger partial charge >= 0.3 is 0 Å². The Morgan fingerprint density at radius 1 is 1.39 bits per heavy atom. The third kappa shape index (κ3) is 3.11. The number of pyridine rings is 1. The van der Waals surface area contributed by atoms with E-state index in [1.165, 1.54) is 31.2 Å². The Morgan fingerprint density at radius 3 is 2.67 bits per heavy atom. The molecule has 2 nitrogen and oxygen atoms in total. The van der Waals surface area contributed by atoms with Gasteiger partial charge in [0.05, 0.1) is 0 Å². The van der Waals surface area contributed by atoms with Crippen LogP contribution in [0.3, 0.4) is 0 Å². The van der Waals surface area contributed by atoms with Crippen LogP contribution >= 0.6 is 0 Å². The lowest BCUT2D eigenvalue weighted by Crippen LogP contribution is -2.43. The molecular weight excluding hydrogens is 220 g/mol. The molecule has 1 fully saturated rings. The van der Waals surface area contributed by atoms with E-state index < -0.39 is 0 Å². The lowest BCUT2D eigenvalue weighted by atomic mass is 9.67. The molecule has 1 aliphatic rings. The van der Waals surface area contributed by atoms with Gasteiger partial charge in [-0.3, -0.25) is 4.98 Å². The average Bonchev–Trinajstić information content (AvgIpc) is 2.39. The fourth-order valence-electron chi connectivity index (χ4n) is 2.96. The topological polar surface area (TPSA) is 24.9 Å². The Bertz CT molecular complexity index is 351. The lowest BCUT2D eigenvalue weighted by molar-refractivity contribution is 0.229. The summed E-state index contributed by atoms with van der Waals surface area (Å²) >= 11 is 0. The number of hydrogen-bond donors (Lipinski definition) is 1. The zero-order valence-electron chi connectivity index (χ0n) is 11.9. The van der Waals surface area contributed by atoms with Gasteiger partial charge in [-0.1, -0.05) is 26.8 Å². The van der Waals surface area contributed by atoms with Gasteiger partial charge in [-0.2, -0.15) is 0 Å². The van der Waals surface area contributed by atoms with E-state index in [-0.39, 0.29) is 0 Å². The van der Waals surface area contributed by atoms with Gasteiger partial charge in [0.1, 0.15) is 0 Å². The highest BCUT2D eigenvalue weighted by Gasteiger charge is 2.35. The number of aromatic nitrogens is 1. The predicted molar refractivity (Wildman–Crippen MR) is 76.7 cm³/mol. The summed E-state index contributed by atoms with van der Waals surface area (Å²) in [5.41, 5.74) is 1.73. The van der Waals surface area contributed by atoms with Crippen LogP contribution in [-0.4, -0.2) is 17.6 Å². The minimum Gasteiger partial charge on any atom is -0.314 e. The Hall–Kier alpha value is -0.890. The van der Waals surface area contributed by atoms with Crippen LogP contribution in [0.1, 0.15) is 52.0 Å². The Labute approximate surface area is 111 Å². The van der Waals surface area contributed by atoms with Gasteiger partial charge in [-0.15, -0.1) is 0 Å². The van der Waals surface area contributed by atoms with Gasteiger partial charge in [0.25, 0.3) is 0 Å². The van der Waals surface area contributed by atoms with E-state index in [0.29, 0.717) is 11.5 Å². The molecule has 2 rings (SSSR count). The quantitative estimate of drug-likeness (QED) is 0.879. The first-order chi connectivity index (χ1) is 8.62. The highest BCUT2D eigenvalue weighted by Crippen LogP contribution is 2.40. The number of nitrogens with one attached hydrogen (secondary N) is 1. The second-order valence-corrected chi connectivity index (χ2v) is 6.24. The standard InChI is InChI=1S/C16H26N2/c1-13(2)18-12-16(8-6-14(3)7-9-16)15-5-4-10-17-11-15/h4-5,10-11,13-14,18H,6-9,12H2,1-3H3. The maximum Gasteiger partial charge on any atom is 0.0306 e. The number of hydrogen-bond acceptors (Lipinski definition) is 2. The van der Waals surface area contributed by atoms with Crippen molar-refractivity contribution in [2.45, 2.75) is 57.9 Å². The van der Waals surface area contributed by atoms with Gasteiger partial charge in [-0.25, -0.2) is 0 Å². The highest BCUT2D eigenvalue weighted by molar-refractivity contribution is 5.23. The minimum absolute atomic E-state index is 0.311. The monoisotopic (exact) mass is 246 g/mol. The SMILES string of the molecule is CC1CCC(CNC(C)C)(c2cccnc2)CC1. The van der Waals surface area contributed by atoms with Crippen molar-refractivity contribution >= 4 is 0 Å². The van der Waals surface area contributed by atoms with E-state index in [4.69, 9.17) is 0 Å². The molecule has 0 unspecified atom stereocenters. The zero-order valence-corrected chi connectivity index (χ0v) is 11.9. The van der Waals surface area contributed by atoms with Crippen LogP contribution in [0.2, 0.25) is 0 Å².